The number of nitrogens with one attached hydrogen (secondary N) is 1. The van der Waals surface area contributed by atoms with Crippen LogP contribution in [0.5, 0.6) is 0 Å². The Labute approximate surface area is 482 Å². The normalized spacial score (nSPS) is 19.4. The first-order chi connectivity index (χ1) is 39.7. The summed E-state index contributed by atoms with van der Waals surface area (Å²) in [5, 5.41) is 3.53. The van der Waals surface area contributed by atoms with Crippen molar-refractivity contribution < 1.29 is 27.1 Å². The van der Waals surface area contributed by atoms with Crippen LogP contribution < -0.4 is 5.32 Å². The zero-order valence-electron chi connectivity index (χ0n) is 48.9. The Morgan fingerprint density at radius 3 is 1.54 bits per heavy atom. The van der Waals surface area contributed by atoms with Crippen molar-refractivity contribution >= 4 is 28.2 Å². The Morgan fingerprint density at radius 2 is 1.07 bits per heavy atom. The molecule has 10 heterocycles. The Bertz CT molecular complexity index is 3660. The number of benzene rings is 2. The van der Waals surface area contributed by atoms with E-state index in [-0.39, 0.29) is 35.3 Å². The molecule has 0 spiro atoms. The minimum Gasteiger partial charge on any atom is -0.444 e. The number of rotatable bonds is 12. The van der Waals surface area contributed by atoms with Crippen LogP contribution in [0.15, 0.2) is 73.6 Å². The van der Waals surface area contributed by atoms with Gasteiger partial charge in [-0.05, 0) is 167 Å². The van der Waals surface area contributed by atoms with Crippen LogP contribution in [-0.2, 0) is 30.7 Å². The second-order valence-electron chi connectivity index (χ2n) is 24.5. The summed E-state index contributed by atoms with van der Waals surface area (Å²) in [6.07, 6.45) is 14.9. The van der Waals surface area contributed by atoms with Gasteiger partial charge >= 0.3 is 6.09 Å². The van der Waals surface area contributed by atoms with Crippen molar-refractivity contribution in [2.45, 2.75) is 144 Å². The molecular weight excluding hydrogens is 1060 g/mol. The molecule has 0 aliphatic carbocycles. The number of fused-ring (bicyclic) bond motifs is 4. The SMILES string of the molecule is Cc1nc2c(F)cc(-c3cc(Cc4ncc(CN5CCC[C@H]6CN(C(=O)OC(C)(C)C)C[C@H]65)cn4)ncc3F)cc2n1C(C)C.Cc1nc2c(F)cc(-c3cc(Cc4ncc(CN5CCC[C@H]6CNC[C@H]65)cn4)ncc3F)cc2n1C(C)C. The average Bonchev–Trinajstić information content (AvgIpc) is 3.85. The number of aryl methyl sites for hydroxylation is 2. The molecule has 4 atom stereocenters. The molecule has 16 nitrogen and oxygen atoms in total. The molecule has 4 aliphatic heterocycles. The minimum atomic E-state index is -0.530. The third-order valence-corrected chi connectivity index (χ3v) is 16.6. The monoisotopic (exact) mass is 1130 g/mol. The van der Waals surface area contributed by atoms with Crippen molar-refractivity contribution in [2.24, 2.45) is 11.8 Å². The second-order valence-corrected chi connectivity index (χ2v) is 24.5. The van der Waals surface area contributed by atoms with E-state index >= 15 is 13.2 Å². The number of ether oxygens (including phenoxy) is 1. The number of piperidine rings is 2. The summed E-state index contributed by atoms with van der Waals surface area (Å²) in [7, 11) is 0. The molecule has 4 saturated heterocycles. The van der Waals surface area contributed by atoms with Gasteiger partial charge in [0.15, 0.2) is 11.6 Å². The van der Waals surface area contributed by atoms with Crippen LogP contribution in [0.25, 0.3) is 44.3 Å². The number of hydrogen-bond donors (Lipinski definition) is 1. The van der Waals surface area contributed by atoms with Crippen LogP contribution in [0.4, 0.5) is 22.4 Å². The number of carbonyl (C=O) groups is 1. The van der Waals surface area contributed by atoms with Crippen LogP contribution in [-0.4, -0.2) is 127 Å². The van der Waals surface area contributed by atoms with Crippen molar-refractivity contribution in [1.82, 2.24) is 69.0 Å². The largest absolute Gasteiger partial charge is 0.444 e. The lowest BCUT2D eigenvalue weighted by Gasteiger charge is -2.36. The lowest BCUT2D eigenvalue weighted by molar-refractivity contribution is 0.0279. The van der Waals surface area contributed by atoms with E-state index in [1.165, 1.54) is 37.4 Å². The number of halogens is 4. The molecule has 8 aromatic rings. The van der Waals surface area contributed by atoms with Gasteiger partial charge in [-0.1, -0.05) is 0 Å². The van der Waals surface area contributed by atoms with Crippen LogP contribution in [0, 0.1) is 49.0 Å². The lowest BCUT2D eigenvalue weighted by atomic mass is 9.92. The summed E-state index contributed by atoms with van der Waals surface area (Å²) in [6, 6.07) is 10.6. The van der Waals surface area contributed by atoms with Crippen molar-refractivity contribution in [1.29, 1.82) is 0 Å². The summed E-state index contributed by atoms with van der Waals surface area (Å²) >= 11 is 0. The van der Waals surface area contributed by atoms with Gasteiger partial charge in [0, 0.05) is 115 Å². The quantitative estimate of drug-likeness (QED) is 0.115. The molecule has 0 unspecified atom stereocenters. The number of carbonyl (C=O) groups excluding carboxylic acids is 1. The van der Waals surface area contributed by atoms with Crippen molar-refractivity contribution in [2.75, 3.05) is 39.3 Å². The molecule has 4 aliphatic rings. The van der Waals surface area contributed by atoms with E-state index in [0.717, 1.165) is 75.0 Å². The van der Waals surface area contributed by atoms with E-state index in [2.05, 4.69) is 55.0 Å². The molecule has 1 N–H and O–H groups in total. The van der Waals surface area contributed by atoms with Gasteiger partial charge in [0.2, 0.25) is 0 Å². The zero-order valence-corrected chi connectivity index (χ0v) is 48.9. The molecule has 2 aromatic carbocycles. The first-order valence-corrected chi connectivity index (χ1v) is 29.2. The molecule has 4 fully saturated rings. The maximum atomic E-state index is 15.1. The molecule has 6 aromatic heterocycles. The first-order valence-electron chi connectivity index (χ1n) is 29.2. The highest BCUT2D eigenvalue weighted by molar-refractivity contribution is 5.85. The standard InChI is InChI=1S/C34H41F2N7O2.C29H33F2N7/c1-20(2)43-21(3)40-32-27(35)10-24(11-29(32)43)26-12-25(37-16-28(26)36)13-31-38-14-22(15-39-31)17-41-9-7-8-23-18-42(19-30(23)41)33(44)45-34(4,5)6;1-17(2)38-18(3)36-29-24(30)7-21(8-26(29)38)23-9-22(33-14-25(23)31)10-28-34-11-19(12-35-28)16-37-6-4-5-20-13-32-15-27(20)37/h10-12,14-16,20,23,30H,7-9,13,17-19H2,1-6H3;7-9,11-12,14,17,20,27,32H,4-6,10,13,15-16H2,1-3H3/t23-,30+;20-,27+/m00/s1. The zero-order chi connectivity index (χ0) is 58.4. The van der Waals surface area contributed by atoms with Crippen LogP contribution in [0.2, 0.25) is 0 Å². The summed E-state index contributed by atoms with van der Waals surface area (Å²) in [5.74, 6) is 1.79. The number of pyridine rings is 2. The Morgan fingerprint density at radius 1 is 0.602 bits per heavy atom. The van der Waals surface area contributed by atoms with Crippen LogP contribution in [0.3, 0.4) is 0 Å². The number of imidazole rings is 2. The van der Waals surface area contributed by atoms with Gasteiger partial charge in [-0.15, -0.1) is 0 Å². The van der Waals surface area contributed by atoms with Gasteiger partial charge in [0.1, 0.15) is 51.6 Å². The van der Waals surface area contributed by atoms with Gasteiger partial charge in [-0.3, -0.25) is 19.8 Å². The summed E-state index contributed by atoms with van der Waals surface area (Å²) < 4.78 is 69.6. The van der Waals surface area contributed by atoms with E-state index in [1.54, 1.807) is 24.3 Å². The number of amides is 1. The Hall–Kier alpha value is -7.29. The maximum absolute atomic E-state index is 15.1. The van der Waals surface area contributed by atoms with Gasteiger partial charge in [-0.25, -0.2) is 52.3 Å². The fourth-order valence-corrected chi connectivity index (χ4v) is 13.0. The van der Waals surface area contributed by atoms with Crippen LogP contribution >= 0.6 is 0 Å². The lowest BCUT2D eigenvalue weighted by Crippen LogP contribution is -2.45. The smallest absolute Gasteiger partial charge is 0.410 e. The van der Waals surface area contributed by atoms with E-state index in [0.29, 0.717) is 100.0 Å². The van der Waals surface area contributed by atoms with E-state index < -0.39 is 28.9 Å². The fourth-order valence-electron chi connectivity index (χ4n) is 13.0. The molecule has 0 radical (unpaired) electrons. The minimum absolute atomic E-state index is 0.0732. The second kappa shape index (κ2) is 23.8. The Kier molecular flexibility index (Phi) is 16.5. The number of aromatic nitrogens is 10. The highest BCUT2D eigenvalue weighted by atomic mass is 19.1. The molecule has 20 heteroatoms. The topological polar surface area (TPSA) is 161 Å². The van der Waals surface area contributed by atoms with E-state index in [4.69, 9.17) is 4.74 Å². The predicted molar refractivity (Wildman–Crippen MR) is 310 cm³/mol. The molecule has 1 amide bonds. The molecule has 436 valence electrons. The third-order valence-electron chi connectivity index (χ3n) is 16.6. The summed E-state index contributed by atoms with van der Waals surface area (Å²) in [4.78, 5) is 55.2. The highest BCUT2D eigenvalue weighted by Crippen LogP contribution is 2.36. The number of nitrogens with zero attached hydrogens (tertiary/aromatic N) is 13. The van der Waals surface area contributed by atoms with Gasteiger partial charge in [0.05, 0.1) is 36.3 Å². The molecular formula is C63H74F4N14O2. The number of hydrogen-bond acceptors (Lipinski definition) is 13. The van der Waals surface area contributed by atoms with E-state index in [9.17, 15) is 9.18 Å². The van der Waals surface area contributed by atoms with Crippen LogP contribution in [0.1, 0.15) is 132 Å². The highest BCUT2D eigenvalue weighted by Gasteiger charge is 2.42. The summed E-state index contributed by atoms with van der Waals surface area (Å²) in [6.45, 7) is 24.6. The average molecular weight is 1140 g/mol. The predicted octanol–water partition coefficient (Wildman–Crippen LogP) is 11.3. The first kappa shape index (κ1) is 57.5. The maximum Gasteiger partial charge on any atom is 0.410 e. The fraction of sp³-hybridized carbons (Fsp3) is 0.476. The Balaban J connectivity index is 0.000000176. The van der Waals surface area contributed by atoms with Crippen molar-refractivity contribution in [3.05, 3.63) is 143 Å². The van der Waals surface area contributed by atoms with Crippen molar-refractivity contribution in [3.8, 4) is 22.3 Å². The van der Waals surface area contributed by atoms with Crippen molar-refractivity contribution in [3.63, 3.8) is 0 Å². The molecule has 0 bridgehead atoms. The van der Waals surface area contributed by atoms with Gasteiger partial charge in [-0.2, -0.15) is 0 Å². The molecule has 12 rings (SSSR count). The van der Waals surface area contributed by atoms with E-state index in [1.807, 2.05) is 101 Å². The van der Waals surface area contributed by atoms with Gasteiger partial charge < -0.3 is 24.1 Å². The summed E-state index contributed by atoms with van der Waals surface area (Å²) in [5.41, 5.74) is 6.08. The molecule has 83 heavy (non-hydrogen) atoms. The van der Waals surface area contributed by atoms with Gasteiger partial charge in [0.25, 0.3) is 0 Å². The third kappa shape index (κ3) is 12.5. The molecule has 0 saturated carbocycles. The number of likely N-dealkylation sites (tertiary alicyclic amines) is 3.